The molecule has 0 aliphatic carbocycles. The summed E-state index contributed by atoms with van der Waals surface area (Å²) >= 11 is 0. The van der Waals surface area contributed by atoms with Crippen molar-refractivity contribution in [2.75, 3.05) is 40.9 Å². The molecule has 0 aromatic heterocycles. The van der Waals surface area contributed by atoms with Crippen molar-refractivity contribution in [3.63, 3.8) is 0 Å². The van der Waals surface area contributed by atoms with Crippen LogP contribution in [0.2, 0.25) is 0 Å². The Hall–Kier alpha value is -3.59. The van der Waals surface area contributed by atoms with Crippen molar-refractivity contribution in [1.29, 1.82) is 0 Å². The number of ether oxygens (including phenoxy) is 1. The van der Waals surface area contributed by atoms with Crippen molar-refractivity contribution in [1.82, 2.24) is 5.32 Å². The van der Waals surface area contributed by atoms with Crippen molar-refractivity contribution in [2.45, 2.75) is 213 Å². The lowest BCUT2D eigenvalue weighted by Gasteiger charge is -2.27. The topological polar surface area (TPSA) is 111 Å². The van der Waals surface area contributed by atoms with Crippen LogP contribution < -0.4 is 5.32 Å². The number of quaternary nitrogens is 1. The highest BCUT2D eigenvalue weighted by Crippen LogP contribution is 2.43. The fourth-order valence-electron chi connectivity index (χ4n) is 7.32. The second-order valence-corrected chi connectivity index (χ2v) is 21.0. The molecule has 0 aromatic rings. The van der Waals surface area contributed by atoms with E-state index in [2.05, 4.69) is 74.7 Å². The van der Waals surface area contributed by atoms with E-state index in [1.54, 1.807) is 0 Å². The van der Waals surface area contributed by atoms with Crippen LogP contribution in [0.5, 0.6) is 0 Å². The lowest BCUT2D eigenvalue weighted by atomic mass is 10.0. The van der Waals surface area contributed by atoms with Gasteiger partial charge in [-0.1, -0.05) is 239 Å². The third kappa shape index (κ3) is 51.1. The summed E-state index contributed by atoms with van der Waals surface area (Å²) < 4.78 is 30.6. The fourth-order valence-corrected chi connectivity index (χ4v) is 8.06. The summed E-state index contributed by atoms with van der Waals surface area (Å²) in [7, 11) is 1.43. The molecule has 0 aliphatic heterocycles. The van der Waals surface area contributed by atoms with E-state index in [9.17, 15) is 19.0 Å². The first kappa shape index (κ1) is 67.4. The van der Waals surface area contributed by atoms with Crippen molar-refractivity contribution in [3.8, 4) is 0 Å². The second kappa shape index (κ2) is 50.0. The Morgan fingerprint density at radius 1 is 0.507 bits per heavy atom. The number of hydrogen-bond acceptors (Lipinski definition) is 6. The zero-order chi connectivity index (χ0) is 52.2. The van der Waals surface area contributed by atoms with E-state index < -0.39 is 20.0 Å². The molecule has 0 fully saturated rings. The standard InChI is InChI=1S/C61H103N2O7P/c1-7-10-13-16-19-22-25-28-30-31-33-35-38-41-44-47-50-53-60(64)62-58(57-69-71(66,67)68-56-55-63(4,5)6)59(52-49-46-43-40-37-34-27-24-21-18-15-12-9-3)70-61(65)54-51-48-45-42-39-36-32-29-26-23-20-17-14-11-8-2/h10-11,13-14,16-17,19-20,22-23,25-26,28,30-31,33,35,38,49,52,58-59H,7-9,12,15,18,21,24,27,29,32,34,36-37,39-48,50-51,53-57H2,1-6H3,(H-,62,64,66,67)/p+1/b13-10-,14-11+,19-16+,20-17+,25-22+,26-23+,30-28-,33-31+,38-35+,52-49+. The molecule has 0 saturated carbocycles. The maximum absolute atomic E-state index is 13.5. The molecule has 0 saturated heterocycles. The van der Waals surface area contributed by atoms with E-state index in [1.165, 1.54) is 77.0 Å². The van der Waals surface area contributed by atoms with Crippen LogP contribution in [0.4, 0.5) is 0 Å². The zero-order valence-electron chi connectivity index (χ0n) is 45.9. The summed E-state index contributed by atoms with van der Waals surface area (Å²) in [6.07, 6.45) is 69.0. The van der Waals surface area contributed by atoms with E-state index in [0.717, 1.165) is 77.0 Å². The molecule has 0 spiro atoms. The molecule has 0 rings (SSSR count). The molecule has 0 aliphatic rings. The van der Waals surface area contributed by atoms with E-state index >= 15 is 0 Å². The molecule has 2 N–H and O–H groups in total. The van der Waals surface area contributed by atoms with Crippen LogP contribution >= 0.6 is 7.82 Å². The van der Waals surface area contributed by atoms with Gasteiger partial charge in [0.15, 0.2) is 0 Å². The van der Waals surface area contributed by atoms with E-state index in [4.69, 9.17) is 13.8 Å². The Bertz CT molecular complexity index is 1630. The quantitative estimate of drug-likeness (QED) is 0.0156. The van der Waals surface area contributed by atoms with Crippen LogP contribution in [0.1, 0.15) is 201 Å². The molecule has 10 heteroatoms. The number of carbonyl (C=O) groups excluding carboxylic acids is 2. The highest BCUT2D eigenvalue weighted by molar-refractivity contribution is 7.47. The van der Waals surface area contributed by atoms with Gasteiger partial charge < -0.3 is 19.4 Å². The highest BCUT2D eigenvalue weighted by atomic mass is 31.2. The van der Waals surface area contributed by atoms with Gasteiger partial charge in [0.2, 0.25) is 5.91 Å². The summed E-state index contributed by atoms with van der Waals surface area (Å²) in [5.74, 6) is -0.581. The zero-order valence-corrected chi connectivity index (χ0v) is 46.8. The van der Waals surface area contributed by atoms with Crippen LogP contribution in [-0.2, 0) is 27.9 Å². The Morgan fingerprint density at radius 2 is 0.901 bits per heavy atom. The van der Waals surface area contributed by atoms with Gasteiger partial charge >= 0.3 is 13.8 Å². The SMILES string of the molecule is CC\C=C/C=C/C=C/C=C\C=C\C=C\CCCCCC(=O)NC(COP(=O)(O)OCC[N+](C)(C)C)C(/C=C/CCCCCCCCCCCCC)OC(=O)CCCCCCCCC/C=C/C=C/C=C/CC. The smallest absolute Gasteiger partial charge is 0.456 e. The molecule has 0 heterocycles. The maximum Gasteiger partial charge on any atom is 0.472 e. The van der Waals surface area contributed by atoms with Crippen molar-refractivity contribution in [3.05, 3.63) is 122 Å². The van der Waals surface area contributed by atoms with Gasteiger partial charge in [0.05, 0.1) is 33.8 Å². The summed E-state index contributed by atoms with van der Waals surface area (Å²) in [6, 6.07) is -0.884. The third-order valence-corrected chi connectivity index (χ3v) is 12.6. The number of allylic oxidation sites excluding steroid dienone is 19. The lowest BCUT2D eigenvalue weighted by Crippen LogP contribution is -2.47. The number of esters is 1. The van der Waals surface area contributed by atoms with E-state index in [0.29, 0.717) is 23.9 Å². The van der Waals surface area contributed by atoms with Gasteiger partial charge in [-0.3, -0.25) is 18.6 Å². The van der Waals surface area contributed by atoms with Crippen LogP contribution in [0.25, 0.3) is 0 Å². The number of amides is 1. The molecule has 0 bridgehead atoms. The molecule has 3 unspecified atom stereocenters. The number of phosphoric acid groups is 1. The molecule has 71 heavy (non-hydrogen) atoms. The molecule has 3 atom stereocenters. The minimum Gasteiger partial charge on any atom is -0.456 e. The van der Waals surface area contributed by atoms with Crippen LogP contribution in [0.3, 0.4) is 0 Å². The van der Waals surface area contributed by atoms with Crippen LogP contribution in [0, 0.1) is 0 Å². The maximum atomic E-state index is 13.5. The molecule has 1 amide bonds. The van der Waals surface area contributed by atoms with Crippen molar-refractivity contribution < 1.29 is 37.3 Å². The molecule has 0 aromatic carbocycles. The fraction of sp³-hybridized carbons (Fsp3) is 0.639. The number of phosphoric ester groups is 1. The Kier molecular flexibility index (Phi) is 47.4. The molecule has 404 valence electrons. The van der Waals surface area contributed by atoms with Gasteiger partial charge in [0.1, 0.15) is 19.3 Å². The van der Waals surface area contributed by atoms with Crippen LogP contribution in [-0.4, -0.2) is 74.3 Å². The first-order valence-electron chi connectivity index (χ1n) is 28.0. The summed E-state index contributed by atoms with van der Waals surface area (Å²) in [5, 5.41) is 3.01. The predicted molar refractivity (Wildman–Crippen MR) is 304 cm³/mol. The Balaban J connectivity index is 5.52. The van der Waals surface area contributed by atoms with Gasteiger partial charge in [-0.2, -0.15) is 0 Å². The predicted octanol–water partition coefficient (Wildman–Crippen LogP) is 16.8. The highest BCUT2D eigenvalue weighted by Gasteiger charge is 2.30. The average molecular weight is 1010 g/mol. The second-order valence-electron chi connectivity index (χ2n) is 19.6. The molecular weight excluding hydrogens is 904 g/mol. The minimum atomic E-state index is -4.47. The number of likely N-dealkylation sites (N-methyl/N-ethyl adjacent to an activating group) is 1. The van der Waals surface area contributed by atoms with Gasteiger partial charge in [-0.25, -0.2) is 4.57 Å². The Labute approximate surface area is 435 Å². The number of unbranched alkanes of at least 4 members (excludes halogenated alkanes) is 21. The number of rotatable bonds is 48. The Morgan fingerprint density at radius 3 is 1.37 bits per heavy atom. The van der Waals surface area contributed by atoms with Crippen molar-refractivity contribution >= 4 is 19.7 Å². The number of hydrogen-bond donors (Lipinski definition) is 2. The largest absolute Gasteiger partial charge is 0.472 e. The normalized spacial score (nSPS) is 14.7. The van der Waals surface area contributed by atoms with Crippen LogP contribution in [0.15, 0.2) is 122 Å². The number of nitrogens with zero attached hydrogens (tertiary/aromatic N) is 1. The summed E-state index contributed by atoms with van der Waals surface area (Å²) in [4.78, 5) is 37.6. The van der Waals surface area contributed by atoms with Gasteiger partial charge in [0.25, 0.3) is 0 Å². The van der Waals surface area contributed by atoms with Crippen molar-refractivity contribution in [2.24, 2.45) is 0 Å². The van der Waals surface area contributed by atoms with E-state index in [1.807, 2.05) is 94.1 Å². The average Bonchev–Trinajstić information content (AvgIpc) is 3.33. The first-order chi connectivity index (χ1) is 34.4. The molecule has 9 nitrogen and oxygen atoms in total. The van der Waals surface area contributed by atoms with Gasteiger partial charge in [0, 0.05) is 12.8 Å². The minimum absolute atomic E-state index is 0.0217. The first-order valence-corrected chi connectivity index (χ1v) is 29.5. The molecule has 0 radical (unpaired) electrons. The van der Waals surface area contributed by atoms with Gasteiger partial charge in [-0.05, 0) is 70.3 Å². The molecular formula is C61H104N2O7P+. The third-order valence-electron chi connectivity index (χ3n) is 11.6. The number of carbonyl (C=O) groups is 2. The van der Waals surface area contributed by atoms with Gasteiger partial charge in [-0.15, -0.1) is 0 Å². The summed E-state index contributed by atoms with van der Waals surface area (Å²) in [5.41, 5.74) is 0. The lowest BCUT2D eigenvalue weighted by molar-refractivity contribution is -0.870. The monoisotopic (exact) mass is 1010 g/mol. The van der Waals surface area contributed by atoms with E-state index in [-0.39, 0.29) is 37.9 Å². The summed E-state index contributed by atoms with van der Waals surface area (Å²) in [6.45, 7) is 6.66. The number of nitrogens with one attached hydrogen (secondary N) is 1.